The molecule has 0 radical (unpaired) electrons. The fourth-order valence-electron chi connectivity index (χ4n) is 3.73. The molecule has 0 aromatic heterocycles. The Morgan fingerprint density at radius 2 is 1.47 bits per heavy atom. The first kappa shape index (κ1) is 21.9. The predicted octanol–water partition coefficient (Wildman–Crippen LogP) is -0.532. The summed E-state index contributed by atoms with van der Waals surface area (Å²) < 4.78 is 12.9. The van der Waals surface area contributed by atoms with E-state index in [2.05, 4.69) is 29.7 Å². The molecule has 1 aliphatic heterocycles. The summed E-state index contributed by atoms with van der Waals surface area (Å²) in [5.74, 6) is -0.0414. The van der Waals surface area contributed by atoms with E-state index in [0.29, 0.717) is 25.3 Å². The minimum absolute atomic E-state index is 0.0743. The van der Waals surface area contributed by atoms with E-state index >= 15 is 0 Å². The molecule has 160 valence electrons. The Bertz CT molecular complexity index is 821. The molecule has 1 heterocycles. The molecule has 7 heteroatoms. The van der Waals surface area contributed by atoms with Crippen LogP contribution in [0, 0.1) is 5.82 Å². The highest BCUT2D eigenvalue weighted by molar-refractivity contribution is 5.91. The average molecular weight is 415 g/mol. The SMILES string of the molecule is C[C@H](CNC(=O)C[NH+]1CC[NH+](CC(=O)Nc2ccc(F)cc2)CC1)c1ccccc1. The summed E-state index contributed by atoms with van der Waals surface area (Å²) in [7, 11) is 0. The number of hydrogen-bond donors (Lipinski definition) is 4. The first-order chi connectivity index (χ1) is 14.5. The highest BCUT2D eigenvalue weighted by atomic mass is 19.1. The van der Waals surface area contributed by atoms with Gasteiger partial charge in [-0.15, -0.1) is 0 Å². The molecular weight excluding hydrogens is 383 g/mol. The number of quaternary nitrogens is 2. The number of carbonyl (C=O) groups is 2. The Hall–Kier alpha value is -2.77. The van der Waals surface area contributed by atoms with Gasteiger partial charge in [-0.1, -0.05) is 37.3 Å². The van der Waals surface area contributed by atoms with Crippen molar-refractivity contribution in [2.45, 2.75) is 12.8 Å². The zero-order valence-corrected chi connectivity index (χ0v) is 17.4. The number of benzene rings is 2. The molecule has 0 spiro atoms. The second-order valence-electron chi connectivity index (χ2n) is 8.02. The Balaban J connectivity index is 1.33. The van der Waals surface area contributed by atoms with Crippen molar-refractivity contribution in [1.29, 1.82) is 0 Å². The van der Waals surface area contributed by atoms with E-state index in [-0.39, 0.29) is 23.5 Å². The molecule has 4 N–H and O–H groups in total. The van der Waals surface area contributed by atoms with Crippen LogP contribution in [-0.4, -0.2) is 57.6 Å². The lowest BCUT2D eigenvalue weighted by molar-refractivity contribution is -1.00. The second kappa shape index (κ2) is 10.8. The maximum absolute atomic E-state index is 12.9. The van der Waals surface area contributed by atoms with E-state index in [1.807, 2.05) is 18.2 Å². The van der Waals surface area contributed by atoms with Gasteiger partial charge in [-0.3, -0.25) is 9.59 Å². The van der Waals surface area contributed by atoms with E-state index in [1.165, 1.54) is 27.5 Å². The number of halogens is 1. The van der Waals surface area contributed by atoms with Crippen molar-refractivity contribution < 1.29 is 23.8 Å². The van der Waals surface area contributed by atoms with Crippen LogP contribution in [0.3, 0.4) is 0 Å². The smallest absolute Gasteiger partial charge is 0.279 e. The first-order valence-corrected chi connectivity index (χ1v) is 10.5. The summed E-state index contributed by atoms with van der Waals surface area (Å²) in [5.41, 5.74) is 1.83. The van der Waals surface area contributed by atoms with Crippen molar-refractivity contribution in [3.63, 3.8) is 0 Å². The fourth-order valence-corrected chi connectivity index (χ4v) is 3.73. The van der Waals surface area contributed by atoms with Crippen molar-refractivity contribution in [2.75, 3.05) is 51.1 Å². The molecule has 2 aromatic rings. The molecule has 3 rings (SSSR count). The predicted molar refractivity (Wildman–Crippen MR) is 114 cm³/mol. The highest BCUT2D eigenvalue weighted by Gasteiger charge is 2.26. The highest BCUT2D eigenvalue weighted by Crippen LogP contribution is 2.12. The van der Waals surface area contributed by atoms with Crippen molar-refractivity contribution in [3.05, 3.63) is 66.0 Å². The van der Waals surface area contributed by atoms with Crippen molar-refractivity contribution in [2.24, 2.45) is 0 Å². The topological polar surface area (TPSA) is 67.1 Å². The van der Waals surface area contributed by atoms with E-state index in [0.717, 1.165) is 26.2 Å². The molecule has 2 amide bonds. The van der Waals surface area contributed by atoms with Crippen LogP contribution in [0.2, 0.25) is 0 Å². The lowest BCUT2D eigenvalue weighted by Gasteiger charge is -2.29. The monoisotopic (exact) mass is 414 g/mol. The molecule has 0 unspecified atom stereocenters. The maximum atomic E-state index is 12.9. The van der Waals surface area contributed by atoms with E-state index in [1.54, 1.807) is 12.1 Å². The van der Waals surface area contributed by atoms with E-state index < -0.39 is 0 Å². The number of hydrogen-bond acceptors (Lipinski definition) is 2. The minimum Gasteiger partial charge on any atom is -0.351 e. The van der Waals surface area contributed by atoms with Gasteiger partial charge in [0.2, 0.25) is 0 Å². The lowest BCUT2D eigenvalue weighted by Crippen LogP contribution is -3.28. The fraction of sp³-hybridized carbons (Fsp3) is 0.391. The summed E-state index contributed by atoms with van der Waals surface area (Å²) in [5, 5.41) is 5.85. The third kappa shape index (κ3) is 6.93. The van der Waals surface area contributed by atoms with Gasteiger partial charge in [0.15, 0.2) is 13.1 Å². The largest absolute Gasteiger partial charge is 0.351 e. The van der Waals surface area contributed by atoms with Crippen molar-refractivity contribution in [1.82, 2.24) is 5.32 Å². The number of nitrogens with one attached hydrogen (secondary N) is 4. The third-order valence-electron chi connectivity index (χ3n) is 5.59. The van der Waals surface area contributed by atoms with E-state index in [4.69, 9.17) is 0 Å². The lowest BCUT2D eigenvalue weighted by atomic mass is 10.0. The van der Waals surface area contributed by atoms with E-state index in [9.17, 15) is 14.0 Å². The van der Waals surface area contributed by atoms with Crippen LogP contribution >= 0.6 is 0 Å². The Kier molecular flexibility index (Phi) is 7.93. The quantitative estimate of drug-likeness (QED) is 0.469. The molecule has 0 bridgehead atoms. The summed E-state index contributed by atoms with van der Waals surface area (Å²) in [6, 6.07) is 16.0. The van der Waals surface area contributed by atoms with Gasteiger partial charge in [0, 0.05) is 12.2 Å². The number of carbonyl (C=O) groups excluding carboxylic acids is 2. The summed E-state index contributed by atoms with van der Waals surface area (Å²) in [4.78, 5) is 27.0. The Labute approximate surface area is 177 Å². The number of amides is 2. The van der Waals surface area contributed by atoms with Crippen LogP contribution in [0.5, 0.6) is 0 Å². The van der Waals surface area contributed by atoms with Gasteiger partial charge in [0.1, 0.15) is 32.0 Å². The van der Waals surface area contributed by atoms with Gasteiger partial charge in [-0.05, 0) is 35.7 Å². The third-order valence-corrected chi connectivity index (χ3v) is 5.59. The zero-order valence-electron chi connectivity index (χ0n) is 17.4. The Morgan fingerprint density at radius 1 is 0.900 bits per heavy atom. The van der Waals surface area contributed by atoms with Gasteiger partial charge >= 0.3 is 0 Å². The molecular formula is C23H31FN4O2+2. The molecule has 2 aromatic carbocycles. The standard InChI is InChI=1S/C23H29FN4O2/c1-18(19-5-3-2-4-6-19)15-25-22(29)16-27-11-13-28(14-12-27)17-23(30)26-21-9-7-20(24)8-10-21/h2-10,18H,11-17H2,1H3,(H,25,29)(H,26,30)/p+2/t18-/m1/s1. The molecule has 1 fully saturated rings. The van der Waals surface area contributed by atoms with Gasteiger partial charge in [0.05, 0.1) is 0 Å². The molecule has 1 atom stereocenters. The summed E-state index contributed by atoms with van der Waals surface area (Å²) in [6.45, 7) is 7.02. The minimum atomic E-state index is -0.323. The second-order valence-corrected chi connectivity index (χ2v) is 8.02. The maximum Gasteiger partial charge on any atom is 0.279 e. The molecule has 1 aliphatic rings. The molecule has 6 nitrogen and oxygen atoms in total. The average Bonchev–Trinajstić information content (AvgIpc) is 2.75. The van der Waals surface area contributed by atoms with Gasteiger partial charge in [-0.2, -0.15) is 0 Å². The van der Waals surface area contributed by atoms with Crippen molar-refractivity contribution in [3.8, 4) is 0 Å². The number of rotatable bonds is 8. The molecule has 0 aliphatic carbocycles. The van der Waals surface area contributed by atoms with Crippen LogP contribution in [0.1, 0.15) is 18.4 Å². The van der Waals surface area contributed by atoms with Crippen LogP contribution in [0.25, 0.3) is 0 Å². The molecule has 30 heavy (non-hydrogen) atoms. The molecule has 1 saturated heterocycles. The number of anilines is 1. The van der Waals surface area contributed by atoms with Crippen LogP contribution in [0.4, 0.5) is 10.1 Å². The van der Waals surface area contributed by atoms with Gasteiger partial charge < -0.3 is 20.4 Å². The summed E-state index contributed by atoms with van der Waals surface area (Å²) >= 11 is 0. The summed E-state index contributed by atoms with van der Waals surface area (Å²) in [6.07, 6.45) is 0. The van der Waals surface area contributed by atoms with Gasteiger partial charge in [0.25, 0.3) is 11.8 Å². The van der Waals surface area contributed by atoms with Crippen LogP contribution < -0.4 is 20.4 Å². The van der Waals surface area contributed by atoms with Crippen LogP contribution in [-0.2, 0) is 9.59 Å². The molecule has 0 saturated carbocycles. The van der Waals surface area contributed by atoms with Crippen LogP contribution in [0.15, 0.2) is 54.6 Å². The van der Waals surface area contributed by atoms with Crippen molar-refractivity contribution >= 4 is 17.5 Å². The number of piperazine rings is 1. The first-order valence-electron chi connectivity index (χ1n) is 10.5. The van der Waals surface area contributed by atoms with Gasteiger partial charge in [-0.25, -0.2) is 4.39 Å². The zero-order chi connectivity index (χ0) is 21.3. The Morgan fingerprint density at radius 3 is 2.07 bits per heavy atom. The normalized spacial score (nSPS) is 19.7.